The van der Waals surface area contributed by atoms with Crippen molar-refractivity contribution in [2.45, 2.75) is 52.1 Å². The Morgan fingerprint density at radius 2 is 1.76 bits per heavy atom. The van der Waals surface area contributed by atoms with Gasteiger partial charge >= 0.3 is 0 Å². The maximum atomic E-state index is 10.7. The highest BCUT2D eigenvalue weighted by Gasteiger charge is 2.31. The number of hydrogen-bond donors (Lipinski definition) is 1. The van der Waals surface area contributed by atoms with Gasteiger partial charge in [0.1, 0.15) is 0 Å². The van der Waals surface area contributed by atoms with Gasteiger partial charge in [-0.1, -0.05) is 19.9 Å². The maximum absolute atomic E-state index is 10.7. The van der Waals surface area contributed by atoms with Gasteiger partial charge in [0.25, 0.3) is 0 Å². The van der Waals surface area contributed by atoms with Crippen LogP contribution in [0.1, 0.15) is 57.6 Å². The van der Waals surface area contributed by atoms with Crippen molar-refractivity contribution in [1.29, 1.82) is 0 Å². The molecule has 0 bridgehead atoms. The molecule has 1 aliphatic heterocycles. The van der Waals surface area contributed by atoms with E-state index < -0.39 is 6.10 Å². The lowest BCUT2D eigenvalue weighted by molar-refractivity contribution is 0.0565. The first-order valence-corrected chi connectivity index (χ1v) is 8.13. The minimum absolute atomic E-state index is 0.364. The molecule has 1 fully saturated rings. The highest BCUT2D eigenvalue weighted by molar-refractivity contribution is 5.44. The molecule has 1 unspecified atom stereocenters. The van der Waals surface area contributed by atoms with Crippen molar-refractivity contribution in [1.82, 2.24) is 0 Å². The van der Waals surface area contributed by atoms with Crippen molar-refractivity contribution in [2.24, 2.45) is 11.3 Å². The van der Waals surface area contributed by atoms with Crippen LogP contribution in [0.3, 0.4) is 0 Å². The van der Waals surface area contributed by atoms with E-state index in [1.165, 1.54) is 12.8 Å². The quantitative estimate of drug-likeness (QED) is 0.891. The molecule has 1 aromatic carbocycles. The Balaban J connectivity index is 1.73. The average Bonchev–Trinajstić information content (AvgIpc) is 2.71. The van der Waals surface area contributed by atoms with Crippen LogP contribution in [0.5, 0.6) is 11.5 Å². The van der Waals surface area contributed by atoms with Crippen LogP contribution in [0.15, 0.2) is 18.2 Å². The first kappa shape index (κ1) is 14.7. The zero-order chi connectivity index (χ0) is 14.9. The lowest BCUT2D eigenvalue weighted by atomic mass is 9.71. The van der Waals surface area contributed by atoms with Crippen LogP contribution in [0.4, 0.5) is 0 Å². The fraction of sp³-hybridized carbons (Fsp3) is 0.667. The molecule has 1 saturated carbocycles. The van der Waals surface area contributed by atoms with E-state index in [0.717, 1.165) is 36.3 Å². The zero-order valence-corrected chi connectivity index (χ0v) is 13.1. The van der Waals surface area contributed by atoms with Gasteiger partial charge in [-0.3, -0.25) is 0 Å². The number of aliphatic hydroxyl groups excluding tert-OH is 1. The fourth-order valence-corrected chi connectivity index (χ4v) is 3.37. The van der Waals surface area contributed by atoms with E-state index in [-0.39, 0.29) is 0 Å². The molecule has 1 N–H and O–H groups in total. The van der Waals surface area contributed by atoms with Crippen LogP contribution >= 0.6 is 0 Å². The van der Waals surface area contributed by atoms with E-state index >= 15 is 0 Å². The second-order valence-corrected chi connectivity index (χ2v) is 7.20. The summed E-state index contributed by atoms with van der Waals surface area (Å²) in [6.07, 6.45) is 5.10. The molecule has 0 aromatic heterocycles. The molecule has 0 spiro atoms. The first-order valence-electron chi connectivity index (χ1n) is 8.13. The molecule has 1 heterocycles. The number of fused-ring (bicyclic) bond motifs is 1. The number of hydrogen-bond acceptors (Lipinski definition) is 3. The molecule has 0 amide bonds. The molecule has 0 radical (unpaired) electrons. The minimum atomic E-state index is -0.391. The van der Waals surface area contributed by atoms with Crippen LogP contribution in [-0.2, 0) is 0 Å². The smallest absolute Gasteiger partial charge is 0.161 e. The van der Waals surface area contributed by atoms with Gasteiger partial charge in [0.05, 0.1) is 19.3 Å². The molecule has 3 rings (SSSR count). The monoisotopic (exact) mass is 290 g/mol. The van der Waals surface area contributed by atoms with E-state index in [4.69, 9.17) is 9.47 Å². The summed E-state index contributed by atoms with van der Waals surface area (Å²) < 4.78 is 11.4. The summed E-state index contributed by atoms with van der Waals surface area (Å²) in [5.41, 5.74) is 1.39. The summed E-state index contributed by atoms with van der Waals surface area (Å²) in [7, 11) is 0. The van der Waals surface area contributed by atoms with Crippen molar-refractivity contribution >= 4 is 0 Å². The lowest BCUT2D eigenvalue weighted by Crippen LogP contribution is -2.25. The van der Waals surface area contributed by atoms with Gasteiger partial charge in [-0.05, 0) is 54.7 Å². The Hall–Kier alpha value is -1.22. The molecule has 1 aromatic rings. The van der Waals surface area contributed by atoms with Crippen molar-refractivity contribution < 1.29 is 14.6 Å². The van der Waals surface area contributed by atoms with E-state index in [2.05, 4.69) is 13.8 Å². The maximum Gasteiger partial charge on any atom is 0.161 e. The highest BCUT2D eigenvalue weighted by atomic mass is 16.5. The third-order valence-electron chi connectivity index (χ3n) is 4.94. The summed E-state index contributed by atoms with van der Waals surface area (Å²) >= 11 is 0. The molecule has 3 nitrogen and oxygen atoms in total. The summed E-state index contributed by atoms with van der Waals surface area (Å²) in [5, 5.41) is 10.7. The highest BCUT2D eigenvalue weighted by Crippen LogP contribution is 2.43. The summed E-state index contributed by atoms with van der Waals surface area (Å²) in [6, 6.07) is 5.88. The van der Waals surface area contributed by atoms with Gasteiger partial charge in [0.15, 0.2) is 11.5 Å². The SMILES string of the molecule is CC1(C)CCC(C(O)c2ccc3c(c2)OCCCO3)CC1. The zero-order valence-electron chi connectivity index (χ0n) is 13.1. The van der Waals surface area contributed by atoms with Crippen molar-refractivity contribution in [3.8, 4) is 11.5 Å². The Morgan fingerprint density at radius 3 is 2.48 bits per heavy atom. The Labute approximate surface area is 127 Å². The molecule has 3 heteroatoms. The molecule has 1 atom stereocenters. The van der Waals surface area contributed by atoms with Gasteiger partial charge in [0, 0.05) is 6.42 Å². The second kappa shape index (κ2) is 5.88. The molecule has 21 heavy (non-hydrogen) atoms. The van der Waals surface area contributed by atoms with Crippen molar-refractivity contribution in [3.05, 3.63) is 23.8 Å². The molecule has 0 saturated heterocycles. The molecule has 116 valence electrons. The van der Waals surface area contributed by atoms with Crippen LogP contribution in [0.25, 0.3) is 0 Å². The van der Waals surface area contributed by atoms with E-state index in [1.54, 1.807) is 0 Å². The van der Waals surface area contributed by atoms with E-state index in [0.29, 0.717) is 24.5 Å². The summed E-state index contributed by atoms with van der Waals surface area (Å²) in [6.45, 7) is 6.03. The van der Waals surface area contributed by atoms with Gasteiger partial charge < -0.3 is 14.6 Å². The standard InChI is InChI=1S/C18H26O3/c1-18(2)8-6-13(7-9-18)17(19)14-4-5-15-16(12-14)21-11-3-10-20-15/h4-5,12-13,17,19H,3,6-11H2,1-2H3. The number of ether oxygens (including phenoxy) is 2. The first-order chi connectivity index (χ1) is 10.1. The molecular formula is C18H26O3. The van der Waals surface area contributed by atoms with Crippen LogP contribution in [0.2, 0.25) is 0 Å². The van der Waals surface area contributed by atoms with Crippen LogP contribution in [0, 0.1) is 11.3 Å². The topological polar surface area (TPSA) is 38.7 Å². The average molecular weight is 290 g/mol. The number of benzene rings is 1. The number of rotatable bonds is 2. The van der Waals surface area contributed by atoms with Crippen LogP contribution < -0.4 is 9.47 Å². The predicted octanol–water partition coefficient (Wildman–Crippen LogP) is 4.10. The van der Waals surface area contributed by atoms with E-state index in [1.807, 2.05) is 18.2 Å². The lowest BCUT2D eigenvalue weighted by Gasteiger charge is -2.36. The minimum Gasteiger partial charge on any atom is -0.490 e. The van der Waals surface area contributed by atoms with Gasteiger partial charge in [-0.25, -0.2) is 0 Å². The summed E-state index contributed by atoms with van der Waals surface area (Å²) in [4.78, 5) is 0. The van der Waals surface area contributed by atoms with Crippen molar-refractivity contribution in [2.75, 3.05) is 13.2 Å². The Bertz CT molecular complexity index is 485. The molecule has 1 aliphatic carbocycles. The fourth-order valence-electron chi connectivity index (χ4n) is 3.37. The number of aliphatic hydroxyl groups is 1. The van der Waals surface area contributed by atoms with E-state index in [9.17, 15) is 5.11 Å². The van der Waals surface area contributed by atoms with Gasteiger partial charge in [-0.2, -0.15) is 0 Å². The largest absolute Gasteiger partial charge is 0.490 e. The third kappa shape index (κ3) is 3.34. The predicted molar refractivity (Wildman–Crippen MR) is 82.7 cm³/mol. The third-order valence-corrected chi connectivity index (χ3v) is 4.94. The normalized spacial score (nSPS) is 23.4. The summed E-state index contributed by atoms with van der Waals surface area (Å²) in [5.74, 6) is 1.94. The van der Waals surface area contributed by atoms with Crippen LogP contribution in [-0.4, -0.2) is 18.3 Å². The Morgan fingerprint density at radius 1 is 1.10 bits per heavy atom. The molecule has 2 aliphatic rings. The molecular weight excluding hydrogens is 264 g/mol. The second-order valence-electron chi connectivity index (χ2n) is 7.20. The van der Waals surface area contributed by atoms with Gasteiger partial charge in [0.2, 0.25) is 0 Å². The van der Waals surface area contributed by atoms with Crippen molar-refractivity contribution in [3.63, 3.8) is 0 Å². The van der Waals surface area contributed by atoms with Gasteiger partial charge in [-0.15, -0.1) is 0 Å². The Kier molecular flexibility index (Phi) is 4.12.